The minimum atomic E-state index is 1.14. The van der Waals surface area contributed by atoms with Crippen LogP contribution >= 0.6 is 0 Å². The van der Waals surface area contributed by atoms with Gasteiger partial charge in [0, 0.05) is 11.1 Å². The van der Waals surface area contributed by atoms with E-state index in [1.807, 2.05) is 0 Å². The van der Waals surface area contributed by atoms with Gasteiger partial charge in [-0.25, -0.2) is 0 Å². The zero-order chi connectivity index (χ0) is 33.4. The minimum absolute atomic E-state index is 1.14. The number of hydrogen-bond donors (Lipinski definition) is 0. The molecule has 1 heteroatoms. The Morgan fingerprint density at radius 1 is 0.362 bits per heavy atom. The molecule has 0 N–H and O–H groups in total. The molecule has 47 heavy (non-hydrogen) atoms. The van der Waals surface area contributed by atoms with Crippen LogP contribution in [-0.4, -0.2) is 17.6 Å². The van der Waals surface area contributed by atoms with Crippen LogP contribution in [-0.2, 0) is 13.1 Å². The Labute approximate surface area is 293 Å². The van der Waals surface area contributed by atoms with Crippen LogP contribution in [0.2, 0.25) is 0 Å². The fourth-order valence-electron chi connectivity index (χ4n) is 7.11. The second-order valence-electron chi connectivity index (χ2n) is 14.5. The molecule has 0 aliphatic heterocycles. The van der Waals surface area contributed by atoms with E-state index in [9.17, 15) is 0 Å². The maximum absolute atomic E-state index is 2.48. The van der Waals surface area contributed by atoms with Gasteiger partial charge in [-0.2, -0.15) is 0 Å². The molecule has 0 amide bonds. The number of quaternary nitrogens is 1. The van der Waals surface area contributed by atoms with Crippen molar-refractivity contribution in [2.75, 3.05) is 13.1 Å². The maximum Gasteiger partial charge on any atom is 0.105 e. The van der Waals surface area contributed by atoms with Gasteiger partial charge in [0.25, 0.3) is 0 Å². The predicted octanol–water partition coefficient (Wildman–Crippen LogP) is 14.7. The smallest absolute Gasteiger partial charge is 0.105 e. The lowest BCUT2D eigenvalue weighted by Crippen LogP contribution is -2.48. The van der Waals surface area contributed by atoms with Crippen LogP contribution in [0.5, 0.6) is 0 Å². The van der Waals surface area contributed by atoms with E-state index < -0.39 is 0 Å². The first-order valence-electron chi connectivity index (χ1n) is 20.5. The summed E-state index contributed by atoms with van der Waals surface area (Å²) in [5.74, 6) is 0. The van der Waals surface area contributed by atoms with E-state index in [2.05, 4.69) is 98.8 Å². The lowest BCUT2D eigenvalue weighted by Gasteiger charge is -2.39. The van der Waals surface area contributed by atoms with Crippen molar-refractivity contribution in [2.24, 2.45) is 0 Å². The minimum Gasteiger partial charge on any atom is -0.316 e. The van der Waals surface area contributed by atoms with E-state index in [4.69, 9.17) is 0 Å². The van der Waals surface area contributed by atoms with Crippen LogP contribution in [0.25, 0.3) is 0 Å². The van der Waals surface area contributed by atoms with Gasteiger partial charge in [0.05, 0.1) is 13.1 Å². The third-order valence-electron chi connectivity index (χ3n) is 10.0. The summed E-state index contributed by atoms with van der Waals surface area (Å²) in [6.07, 6.45) is 42.7. The van der Waals surface area contributed by atoms with Crippen LogP contribution in [0.4, 0.5) is 0 Å². The van der Waals surface area contributed by atoms with Gasteiger partial charge in [0.15, 0.2) is 0 Å². The molecule has 0 saturated heterocycles. The second kappa shape index (κ2) is 30.0. The Hall–Kier alpha value is -2.12. The molecular formula is C46H76N+. The fourth-order valence-corrected chi connectivity index (χ4v) is 7.11. The zero-order valence-electron chi connectivity index (χ0n) is 31.3. The van der Waals surface area contributed by atoms with Crippen molar-refractivity contribution < 1.29 is 4.48 Å². The molecule has 0 aliphatic rings. The quantitative estimate of drug-likeness (QED) is 0.0423. The van der Waals surface area contributed by atoms with E-state index in [0.29, 0.717) is 0 Å². The molecule has 0 saturated carbocycles. The monoisotopic (exact) mass is 643 g/mol. The van der Waals surface area contributed by atoms with Crippen molar-refractivity contribution in [1.82, 2.24) is 0 Å². The summed E-state index contributed by atoms with van der Waals surface area (Å²) in [7, 11) is 0. The van der Waals surface area contributed by atoms with Crippen molar-refractivity contribution >= 4 is 0 Å². The lowest BCUT2D eigenvalue weighted by molar-refractivity contribution is -0.954. The van der Waals surface area contributed by atoms with E-state index in [1.54, 1.807) is 0 Å². The molecule has 2 rings (SSSR count). The molecule has 0 spiro atoms. The van der Waals surface area contributed by atoms with Crippen LogP contribution in [0.3, 0.4) is 0 Å². The largest absolute Gasteiger partial charge is 0.316 e. The lowest BCUT2D eigenvalue weighted by atomic mass is 10.1. The standard InChI is InChI=1S/C46H76N/c1-3-5-7-9-11-13-15-17-19-21-23-25-27-35-41-47(43-45-37-31-29-32-38-45,44-46-39-33-30-34-40-46)42-36-28-26-24-22-20-18-16-14-12-10-8-6-4-2/h21-24,29-34,37-40H,3-20,25-28,35-36,41-44H2,1-2H3/q+1/b23-21+,24-22+. The topological polar surface area (TPSA) is 0 Å². The van der Waals surface area contributed by atoms with E-state index in [1.165, 1.54) is 183 Å². The predicted molar refractivity (Wildman–Crippen MR) is 211 cm³/mol. The normalized spacial score (nSPS) is 12.1. The Balaban J connectivity index is 1.80. The second-order valence-corrected chi connectivity index (χ2v) is 14.5. The molecule has 2 aromatic rings. The summed E-state index contributed by atoms with van der Waals surface area (Å²) >= 11 is 0. The first kappa shape index (κ1) is 41.1. The summed E-state index contributed by atoms with van der Waals surface area (Å²) in [5.41, 5.74) is 2.97. The van der Waals surface area contributed by atoms with Gasteiger partial charge in [0.1, 0.15) is 13.1 Å². The fraction of sp³-hybridized carbons (Fsp3) is 0.652. The van der Waals surface area contributed by atoms with Crippen LogP contribution < -0.4 is 0 Å². The van der Waals surface area contributed by atoms with Gasteiger partial charge in [0.2, 0.25) is 0 Å². The molecule has 0 unspecified atom stereocenters. The van der Waals surface area contributed by atoms with Crippen molar-refractivity contribution in [3.63, 3.8) is 0 Å². The molecule has 0 radical (unpaired) electrons. The number of rotatable bonds is 32. The average Bonchev–Trinajstić information content (AvgIpc) is 3.09. The van der Waals surface area contributed by atoms with Crippen LogP contribution in [0, 0.1) is 0 Å². The molecule has 0 fully saturated rings. The van der Waals surface area contributed by atoms with Crippen molar-refractivity contribution in [2.45, 2.75) is 181 Å². The molecule has 0 aromatic heterocycles. The number of hydrogen-bond acceptors (Lipinski definition) is 0. The molecule has 1 nitrogen and oxygen atoms in total. The maximum atomic E-state index is 2.48. The van der Waals surface area contributed by atoms with E-state index >= 15 is 0 Å². The van der Waals surface area contributed by atoms with E-state index in [-0.39, 0.29) is 0 Å². The highest BCUT2D eigenvalue weighted by Gasteiger charge is 2.27. The van der Waals surface area contributed by atoms with Gasteiger partial charge >= 0.3 is 0 Å². The van der Waals surface area contributed by atoms with Crippen molar-refractivity contribution in [1.29, 1.82) is 0 Å². The highest BCUT2D eigenvalue weighted by molar-refractivity contribution is 5.15. The van der Waals surface area contributed by atoms with E-state index in [0.717, 1.165) is 13.1 Å². The Morgan fingerprint density at radius 2 is 0.660 bits per heavy atom. The molecule has 0 bridgehead atoms. The summed E-state index contributed by atoms with van der Waals surface area (Å²) in [5, 5.41) is 0. The molecule has 0 aliphatic carbocycles. The third-order valence-corrected chi connectivity index (χ3v) is 10.0. The number of nitrogens with zero attached hydrogens (tertiary/aromatic N) is 1. The van der Waals surface area contributed by atoms with Crippen molar-refractivity contribution in [3.05, 3.63) is 96.1 Å². The van der Waals surface area contributed by atoms with Gasteiger partial charge < -0.3 is 4.48 Å². The van der Waals surface area contributed by atoms with Gasteiger partial charge in [-0.3, -0.25) is 0 Å². The third kappa shape index (κ3) is 23.0. The molecular weight excluding hydrogens is 567 g/mol. The molecule has 264 valence electrons. The molecule has 2 aromatic carbocycles. The number of benzene rings is 2. The zero-order valence-corrected chi connectivity index (χ0v) is 31.3. The highest BCUT2D eigenvalue weighted by atomic mass is 15.3. The summed E-state index contributed by atoms with van der Waals surface area (Å²) in [6.45, 7) is 9.41. The van der Waals surface area contributed by atoms with Crippen molar-refractivity contribution in [3.8, 4) is 0 Å². The van der Waals surface area contributed by atoms with Crippen LogP contribution in [0.15, 0.2) is 85.0 Å². The first-order chi connectivity index (χ1) is 23.3. The van der Waals surface area contributed by atoms with Crippen LogP contribution in [0.1, 0.15) is 179 Å². The highest BCUT2D eigenvalue weighted by Crippen LogP contribution is 2.24. The van der Waals surface area contributed by atoms with Gasteiger partial charge in [-0.05, 0) is 64.2 Å². The molecule has 0 atom stereocenters. The number of unbranched alkanes of at least 4 members (excludes halogenated alkanes) is 20. The summed E-state index contributed by atoms with van der Waals surface area (Å²) in [4.78, 5) is 0. The Morgan fingerprint density at radius 3 is 1.00 bits per heavy atom. The van der Waals surface area contributed by atoms with Gasteiger partial charge in [-0.1, -0.05) is 189 Å². The summed E-state index contributed by atoms with van der Waals surface area (Å²) < 4.78 is 1.18. The van der Waals surface area contributed by atoms with Gasteiger partial charge in [-0.15, -0.1) is 0 Å². The Kier molecular flexibility index (Phi) is 26.2. The SMILES string of the molecule is CCCCCCCCCC/C=C/CCCC[N+](CCCC/C=C/CCCCCCCCCC)(Cc1ccccc1)Cc1ccccc1. The average molecular weight is 643 g/mol. The molecule has 0 heterocycles. The Bertz CT molecular complexity index is 893. The first-order valence-corrected chi connectivity index (χ1v) is 20.5. The summed E-state index contributed by atoms with van der Waals surface area (Å²) in [6, 6.07) is 22.6. The number of allylic oxidation sites excluding steroid dienone is 4.